The number of esters is 3. The van der Waals surface area contributed by atoms with Crippen LogP contribution in [0.1, 0.15) is 316 Å². The predicted molar refractivity (Wildman–Crippen MR) is 325 cm³/mol. The first-order chi connectivity index (χ1) is 37.0. The molecule has 0 bridgehead atoms. The topological polar surface area (TPSA) is 78.9 Å². The molecule has 0 aliphatic heterocycles. The number of hydrogen-bond acceptors (Lipinski definition) is 6. The third-order valence-electron chi connectivity index (χ3n) is 13.9. The number of rotatable bonds is 58. The predicted octanol–water partition coefficient (Wildman–Crippen LogP) is 21.9. The molecule has 0 aromatic carbocycles. The van der Waals surface area contributed by atoms with Crippen molar-refractivity contribution in [3.63, 3.8) is 0 Å². The number of unbranched alkanes of at least 4 members (excludes halogenated alkanes) is 33. The highest BCUT2D eigenvalue weighted by molar-refractivity contribution is 5.71. The van der Waals surface area contributed by atoms with E-state index in [9.17, 15) is 14.4 Å². The Morgan fingerprint density at radius 2 is 0.520 bits per heavy atom. The minimum Gasteiger partial charge on any atom is -0.462 e. The van der Waals surface area contributed by atoms with Crippen LogP contribution < -0.4 is 0 Å². The molecule has 1 atom stereocenters. The van der Waals surface area contributed by atoms with Gasteiger partial charge in [-0.15, -0.1) is 0 Å². The fourth-order valence-electron chi connectivity index (χ4n) is 9.09. The molecule has 0 aliphatic rings. The number of carbonyl (C=O) groups is 3. The first-order valence-electron chi connectivity index (χ1n) is 32.1. The number of hydrogen-bond donors (Lipinski definition) is 0. The fraction of sp³-hybridized carbons (Fsp3) is 0.754. The van der Waals surface area contributed by atoms with Gasteiger partial charge in [0, 0.05) is 19.3 Å². The summed E-state index contributed by atoms with van der Waals surface area (Å²) in [5.41, 5.74) is 0. The van der Waals surface area contributed by atoms with Crippen LogP contribution >= 0.6 is 0 Å². The molecule has 75 heavy (non-hydrogen) atoms. The van der Waals surface area contributed by atoms with Crippen LogP contribution in [0.15, 0.2) is 85.1 Å². The Balaban J connectivity index is 4.15. The molecule has 6 heteroatoms. The Morgan fingerprint density at radius 3 is 0.827 bits per heavy atom. The molecule has 0 saturated heterocycles. The average Bonchev–Trinajstić information content (AvgIpc) is 3.41. The molecule has 0 spiro atoms. The molecule has 0 N–H and O–H groups in total. The summed E-state index contributed by atoms with van der Waals surface area (Å²) in [6, 6.07) is 0. The van der Waals surface area contributed by atoms with Crippen LogP contribution in [0, 0.1) is 0 Å². The first kappa shape index (κ1) is 71.6. The summed E-state index contributed by atoms with van der Waals surface area (Å²) in [6.07, 6.45) is 83.3. The first-order valence-corrected chi connectivity index (χ1v) is 32.1. The van der Waals surface area contributed by atoms with Crippen LogP contribution in [0.3, 0.4) is 0 Å². The van der Waals surface area contributed by atoms with Gasteiger partial charge in [0.25, 0.3) is 0 Å². The van der Waals surface area contributed by atoms with Gasteiger partial charge in [0.05, 0.1) is 0 Å². The van der Waals surface area contributed by atoms with Crippen molar-refractivity contribution in [1.82, 2.24) is 0 Å². The molecule has 0 aromatic heterocycles. The van der Waals surface area contributed by atoms with Crippen LogP contribution in [0.25, 0.3) is 0 Å². The van der Waals surface area contributed by atoms with E-state index in [1.54, 1.807) is 0 Å². The van der Waals surface area contributed by atoms with Crippen molar-refractivity contribution < 1.29 is 28.6 Å². The van der Waals surface area contributed by atoms with Gasteiger partial charge in [-0.3, -0.25) is 14.4 Å². The smallest absolute Gasteiger partial charge is 0.306 e. The van der Waals surface area contributed by atoms with Crippen LogP contribution in [0.5, 0.6) is 0 Å². The van der Waals surface area contributed by atoms with E-state index in [4.69, 9.17) is 14.2 Å². The van der Waals surface area contributed by atoms with Gasteiger partial charge in [0.2, 0.25) is 0 Å². The molecule has 432 valence electrons. The maximum absolute atomic E-state index is 12.9. The lowest BCUT2D eigenvalue weighted by atomic mass is 10.0. The zero-order valence-electron chi connectivity index (χ0n) is 49.6. The summed E-state index contributed by atoms with van der Waals surface area (Å²) >= 11 is 0. The normalized spacial score (nSPS) is 12.6. The molecular formula is C69H120O6. The van der Waals surface area contributed by atoms with Gasteiger partial charge in [-0.1, -0.05) is 286 Å². The molecular weight excluding hydrogens is 925 g/mol. The van der Waals surface area contributed by atoms with Crippen molar-refractivity contribution in [3.05, 3.63) is 85.1 Å². The van der Waals surface area contributed by atoms with Crippen molar-refractivity contribution in [2.24, 2.45) is 0 Å². The standard InChI is InChI=1S/C69H120O6/c1-4-7-10-13-16-18-20-22-24-26-28-30-32-33-34-35-37-38-40-42-44-46-48-50-53-56-59-62-68(71)74-65-66(64-73-67(70)61-58-55-52-15-12-9-6-3)75-69(72)63-60-57-54-51-49-47-45-43-41-39-36-31-29-27-25-23-21-19-17-14-11-8-5-2/h7,10,16,18,22,24,27-30,33-34,37-38,66H,4-6,8-9,11-15,17,19-21,23,25-26,31-32,35-36,39-65H2,1-3H3/b10-7-,18-16-,24-22-,29-27-,30-28-,34-33-,38-37-. The molecule has 0 aromatic rings. The number of carbonyl (C=O) groups excluding carboxylic acids is 3. The van der Waals surface area contributed by atoms with E-state index in [1.165, 1.54) is 173 Å². The second kappa shape index (κ2) is 63.1. The van der Waals surface area contributed by atoms with Crippen LogP contribution in [0.4, 0.5) is 0 Å². The Bertz CT molecular complexity index is 1430. The quantitative estimate of drug-likeness (QED) is 0.0261. The summed E-state index contributed by atoms with van der Waals surface area (Å²) in [6.45, 7) is 6.51. The SMILES string of the molecule is CC/C=C\C/C=C\C/C=C\C/C=C\C/C=C\C/C=C\CCCCCCCCCCC(=O)OCC(COC(=O)CCCCCCCCC)OC(=O)CCCCCCCCCCCCC/C=C\CCCCCCCCCC. The monoisotopic (exact) mass is 1040 g/mol. The fourth-order valence-corrected chi connectivity index (χ4v) is 9.09. The molecule has 0 saturated carbocycles. The van der Waals surface area contributed by atoms with Gasteiger partial charge in [-0.25, -0.2) is 0 Å². The Hall–Kier alpha value is -3.41. The maximum atomic E-state index is 12.9. The Kier molecular flexibility index (Phi) is 60.3. The molecule has 0 rings (SSSR count). The highest BCUT2D eigenvalue weighted by Gasteiger charge is 2.19. The second-order valence-corrected chi connectivity index (χ2v) is 21.3. The van der Waals surface area contributed by atoms with E-state index in [-0.39, 0.29) is 31.1 Å². The van der Waals surface area contributed by atoms with Crippen LogP contribution in [-0.2, 0) is 28.6 Å². The molecule has 6 nitrogen and oxygen atoms in total. The van der Waals surface area contributed by atoms with Crippen molar-refractivity contribution in [3.8, 4) is 0 Å². The van der Waals surface area contributed by atoms with E-state index in [0.717, 1.165) is 103 Å². The Morgan fingerprint density at radius 1 is 0.280 bits per heavy atom. The molecule has 1 unspecified atom stereocenters. The van der Waals surface area contributed by atoms with Gasteiger partial charge >= 0.3 is 17.9 Å². The number of allylic oxidation sites excluding steroid dienone is 14. The summed E-state index contributed by atoms with van der Waals surface area (Å²) in [5.74, 6) is -0.882. The lowest BCUT2D eigenvalue weighted by Crippen LogP contribution is -2.30. The minimum atomic E-state index is -0.778. The summed E-state index contributed by atoms with van der Waals surface area (Å²) < 4.78 is 16.8. The molecule has 0 amide bonds. The van der Waals surface area contributed by atoms with Gasteiger partial charge < -0.3 is 14.2 Å². The van der Waals surface area contributed by atoms with E-state index in [2.05, 4.69) is 106 Å². The highest BCUT2D eigenvalue weighted by atomic mass is 16.6. The number of ether oxygens (including phenoxy) is 3. The Labute approximate surface area is 465 Å². The summed E-state index contributed by atoms with van der Waals surface area (Å²) in [7, 11) is 0. The van der Waals surface area contributed by atoms with Crippen molar-refractivity contribution >= 4 is 17.9 Å². The third kappa shape index (κ3) is 61.3. The van der Waals surface area contributed by atoms with Gasteiger partial charge in [-0.2, -0.15) is 0 Å². The van der Waals surface area contributed by atoms with Crippen molar-refractivity contribution in [2.75, 3.05) is 13.2 Å². The molecule has 0 heterocycles. The van der Waals surface area contributed by atoms with E-state index in [0.29, 0.717) is 19.3 Å². The van der Waals surface area contributed by atoms with Crippen LogP contribution in [-0.4, -0.2) is 37.2 Å². The zero-order chi connectivity index (χ0) is 54.3. The van der Waals surface area contributed by atoms with Gasteiger partial charge in [0.15, 0.2) is 6.10 Å². The van der Waals surface area contributed by atoms with E-state index < -0.39 is 6.10 Å². The lowest BCUT2D eigenvalue weighted by molar-refractivity contribution is -0.167. The van der Waals surface area contributed by atoms with Crippen molar-refractivity contribution in [1.29, 1.82) is 0 Å². The minimum absolute atomic E-state index is 0.0772. The molecule has 0 radical (unpaired) electrons. The average molecular weight is 1050 g/mol. The maximum Gasteiger partial charge on any atom is 0.306 e. The molecule has 0 fully saturated rings. The highest BCUT2D eigenvalue weighted by Crippen LogP contribution is 2.16. The summed E-state index contributed by atoms with van der Waals surface area (Å²) in [5, 5.41) is 0. The third-order valence-corrected chi connectivity index (χ3v) is 13.9. The second-order valence-electron chi connectivity index (χ2n) is 21.3. The van der Waals surface area contributed by atoms with Crippen LogP contribution in [0.2, 0.25) is 0 Å². The zero-order valence-corrected chi connectivity index (χ0v) is 49.6. The van der Waals surface area contributed by atoms with Gasteiger partial charge in [0.1, 0.15) is 13.2 Å². The largest absolute Gasteiger partial charge is 0.462 e. The summed E-state index contributed by atoms with van der Waals surface area (Å²) in [4.78, 5) is 38.1. The van der Waals surface area contributed by atoms with Gasteiger partial charge in [-0.05, 0) is 96.3 Å². The van der Waals surface area contributed by atoms with Crippen molar-refractivity contribution in [2.45, 2.75) is 322 Å². The molecule has 0 aliphatic carbocycles. The van der Waals surface area contributed by atoms with E-state index in [1.807, 2.05) is 0 Å². The lowest BCUT2D eigenvalue weighted by Gasteiger charge is -2.18. The van der Waals surface area contributed by atoms with E-state index >= 15 is 0 Å².